The first-order chi connectivity index (χ1) is 16.9. The van der Waals surface area contributed by atoms with Crippen LogP contribution in [0, 0.1) is 11.6 Å². The van der Waals surface area contributed by atoms with E-state index in [1.54, 1.807) is 30.3 Å². The van der Waals surface area contributed by atoms with Gasteiger partial charge in [-0.1, -0.05) is 30.3 Å². The number of nitrogens with zero attached hydrogens (tertiary/aromatic N) is 1. The number of ether oxygens (including phenoxy) is 2. The van der Waals surface area contributed by atoms with E-state index in [0.29, 0.717) is 33.6 Å². The summed E-state index contributed by atoms with van der Waals surface area (Å²) in [7, 11) is 1.49. The molecule has 1 aliphatic heterocycles. The van der Waals surface area contributed by atoms with Gasteiger partial charge in [0.25, 0.3) is 0 Å². The van der Waals surface area contributed by atoms with Crippen molar-refractivity contribution in [1.82, 2.24) is 5.06 Å². The summed E-state index contributed by atoms with van der Waals surface area (Å²) in [6.45, 7) is 0.0191. The van der Waals surface area contributed by atoms with Crippen molar-refractivity contribution >= 4 is 12.1 Å². The fourth-order valence-corrected chi connectivity index (χ4v) is 4.07. The first-order valence-corrected chi connectivity index (χ1v) is 10.9. The highest BCUT2D eigenvalue weighted by Gasteiger charge is 2.26. The third kappa shape index (κ3) is 5.58. The second-order valence-corrected chi connectivity index (χ2v) is 7.99. The Morgan fingerprint density at radius 3 is 2.54 bits per heavy atom. The SMILES string of the molecule is COc1ccc(CC(=O)O)cc1-c1ccc(F)c2c1CN(OC(=O)OCc1ccccc1F)CC2. The first-order valence-electron chi connectivity index (χ1n) is 10.9. The number of carboxylic acid groups (broad SMARTS) is 1. The fraction of sp³-hybridized carbons (Fsp3) is 0.231. The molecule has 182 valence electrons. The Hall–Kier alpha value is -3.98. The summed E-state index contributed by atoms with van der Waals surface area (Å²) in [5.74, 6) is -1.36. The number of benzene rings is 3. The average molecular weight is 483 g/mol. The Labute approximate surface area is 200 Å². The molecule has 1 N–H and O–H groups in total. The van der Waals surface area contributed by atoms with Crippen LogP contribution in [-0.2, 0) is 40.4 Å². The molecule has 3 aromatic rings. The molecule has 0 saturated carbocycles. The Morgan fingerprint density at radius 1 is 1.00 bits per heavy atom. The van der Waals surface area contributed by atoms with Crippen molar-refractivity contribution in [2.45, 2.75) is 26.0 Å². The average Bonchev–Trinajstić information content (AvgIpc) is 2.83. The standard InChI is InChI=1S/C26H23F2NO6/c1-33-24-9-6-16(13-25(30)31)12-20(24)18-7-8-23(28)19-10-11-29(14-21(18)19)35-26(32)34-15-17-4-2-3-5-22(17)27/h2-9,12H,10-11,13-15H2,1H3,(H,30,31). The molecular formula is C26H23F2NO6. The molecule has 7 nitrogen and oxygen atoms in total. The van der Waals surface area contributed by atoms with Crippen LogP contribution >= 0.6 is 0 Å². The van der Waals surface area contributed by atoms with Gasteiger partial charge in [0.1, 0.15) is 24.0 Å². The summed E-state index contributed by atoms with van der Waals surface area (Å²) in [5, 5.41) is 10.5. The zero-order valence-corrected chi connectivity index (χ0v) is 18.9. The normalized spacial score (nSPS) is 13.1. The number of methoxy groups -OCH3 is 1. The molecule has 0 spiro atoms. The van der Waals surface area contributed by atoms with Crippen LogP contribution in [0.5, 0.6) is 5.75 Å². The largest absolute Gasteiger partial charge is 0.528 e. The summed E-state index contributed by atoms with van der Waals surface area (Å²) >= 11 is 0. The second-order valence-electron chi connectivity index (χ2n) is 7.99. The van der Waals surface area contributed by atoms with Crippen molar-refractivity contribution in [3.8, 4) is 16.9 Å². The Balaban J connectivity index is 1.56. The summed E-state index contributed by atoms with van der Waals surface area (Å²) in [6, 6.07) is 13.9. The number of hydrogen-bond donors (Lipinski definition) is 1. The van der Waals surface area contributed by atoms with Gasteiger partial charge in [-0.3, -0.25) is 4.79 Å². The minimum atomic E-state index is -1.00. The molecule has 35 heavy (non-hydrogen) atoms. The molecule has 0 atom stereocenters. The van der Waals surface area contributed by atoms with Crippen LogP contribution < -0.4 is 4.74 Å². The Kier molecular flexibility index (Phi) is 7.26. The van der Waals surface area contributed by atoms with Crippen LogP contribution in [0.15, 0.2) is 54.6 Å². The molecule has 0 saturated heterocycles. The predicted molar refractivity (Wildman–Crippen MR) is 122 cm³/mol. The van der Waals surface area contributed by atoms with Crippen molar-refractivity contribution in [2.24, 2.45) is 0 Å². The first kappa shape index (κ1) is 24.2. The topological polar surface area (TPSA) is 85.3 Å². The van der Waals surface area contributed by atoms with Gasteiger partial charge in [0.2, 0.25) is 0 Å². The van der Waals surface area contributed by atoms with Crippen molar-refractivity contribution in [2.75, 3.05) is 13.7 Å². The number of fused-ring (bicyclic) bond motifs is 1. The molecule has 1 aliphatic rings. The van der Waals surface area contributed by atoms with E-state index < -0.39 is 17.9 Å². The predicted octanol–water partition coefficient (Wildman–Crippen LogP) is 4.89. The molecule has 0 amide bonds. The monoisotopic (exact) mass is 483 g/mol. The summed E-state index contributed by atoms with van der Waals surface area (Å²) < 4.78 is 38.9. The van der Waals surface area contributed by atoms with Gasteiger partial charge < -0.3 is 19.4 Å². The lowest BCUT2D eigenvalue weighted by Crippen LogP contribution is -2.34. The van der Waals surface area contributed by atoms with E-state index in [9.17, 15) is 18.4 Å². The van der Waals surface area contributed by atoms with E-state index in [1.807, 2.05) is 0 Å². The number of carboxylic acids is 1. The quantitative estimate of drug-likeness (QED) is 0.479. The Morgan fingerprint density at radius 2 is 1.80 bits per heavy atom. The van der Waals surface area contributed by atoms with Crippen LogP contribution in [0.25, 0.3) is 11.1 Å². The van der Waals surface area contributed by atoms with Gasteiger partial charge >= 0.3 is 12.1 Å². The van der Waals surface area contributed by atoms with Crippen molar-refractivity contribution in [3.63, 3.8) is 0 Å². The molecular weight excluding hydrogens is 460 g/mol. The van der Waals surface area contributed by atoms with Crippen molar-refractivity contribution in [3.05, 3.63) is 88.5 Å². The zero-order chi connectivity index (χ0) is 24.9. The van der Waals surface area contributed by atoms with Crippen molar-refractivity contribution < 1.29 is 37.8 Å². The van der Waals surface area contributed by atoms with Gasteiger partial charge in [-0.25, -0.2) is 13.6 Å². The van der Waals surface area contributed by atoms with Crippen molar-refractivity contribution in [1.29, 1.82) is 0 Å². The Bertz CT molecular complexity index is 1260. The maximum atomic E-state index is 14.6. The smallest absolute Gasteiger partial charge is 0.496 e. The zero-order valence-electron chi connectivity index (χ0n) is 18.9. The van der Waals surface area contributed by atoms with Crippen LogP contribution in [0.4, 0.5) is 13.6 Å². The second kappa shape index (κ2) is 10.5. The van der Waals surface area contributed by atoms with Crippen LogP contribution in [0.2, 0.25) is 0 Å². The molecule has 0 bridgehead atoms. The van der Waals surface area contributed by atoms with E-state index in [2.05, 4.69) is 0 Å². The van der Waals surface area contributed by atoms with E-state index in [0.717, 1.165) is 0 Å². The highest BCUT2D eigenvalue weighted by atomic mass is 19.1. The van der Waals surface area contributed by atoms with Gasteiger partial charge in [-0.2, -0.15) is 0 Å². The lowest BCUT2D eigenvalue weighted by molar-refractivity contribution is -0.139. The number of hydrogen-bond acceptors (Lipinski definition) is 6. The van der Waals surface area contributed by atoms with E-state index >= 15 is 0 Å². The number of carbonyl (C=O) groups excluding carboxylic acids is 1. The maximum absolute atomic E-state index is 14.6. The number of hydroxylamine groups is 2. The summed E-state index contributed by atoms with van der Waals surface area (Å²) in [4.78, 5) is 28.7. The molecule has 0 aromatic heterocycles. The molecule has 3 aromatic carbocycles. The fourth-order valence-electron chi connectivity index (χ4n) is 4.07. The molecule has 9 heteroatoms. The number of halogens is 2. The highest BCUT2D eigenvalue weighted by molar-refractivity contribution is 5.77. The lowest BCUT2D eigenvalue weighted by Gasteiger charge is -2.29. The maximum Gasteiger partial charge on any atom is 0.528 e. The van der Waals surface area contributed by atoms with Crippen LogP contribution in [-0.4, -0.2) is 35.9 Å². The van der Waals surface area contributed by atoms with Crippen LogP contribution in [0.3, 0.4) is 0 Å². The number of aliphatic carboxylic acids is 1. The summed E-state index contributed by atoms with van der Waals surface area (Å²) in [5.41, 5.74) is 3.08. The molecule has 0 unspecified atom stereocenters. The molecule has 0 fully saturated rings. The molecule has 4 rings (SSSR count). The highest BCUT2D eigenvalue weighted by Crippen LogP contribution is 2.37. The van der Waals surface area contributed by atoms with Gasteiger partial charge in [0.05, 0.1) is 20.1 Å². The summed E-state index contributed by atoms with van der Waals surface area (Å²) in [6.07, 6.45) is -0.911. The third-order valence-electron chi connectivity index (χ3n) is 5.74. The van der Waals surface area contributed by atoms with E-state index in [1.165, 1.54) is 36.4 Å². The van der Waals surface area contributed by atoms with Crippen LogP contribution in [0.1, 0.15) is 22.3 Å². The van der Waals surface area contributed by atoms with E-state index in [-0.39, 0.29) is 43.9 Å². The molecule has 0 radical (unpaired) electrons. The minimum absolute atomic E-state index is 0.0730. The van der Waals surface area contributed by atoms with Gasteiger partial charge in [0, 0.05) is 17.7 Å². The molecule has 0 aliphatic carbocycles. The lowest BCUT2D eigenvalue weighted by atomic mass is 9.90. The van der Waals surface area contributed by atoms with Gasteiger partial charge in [-0.15, -0.1) is 5.06 Å². The van der Waals surface area contributed by atoms with Gasteiger partial charge in [0.15, 0.2) is 0 Å². The van der Waals surface area contributed by atoms with Gasteiger partial charge in [-0.05, 0) is 52.9 Å². The van der Waals surface area contributed by atoms with E-state index in [4.69, 9.17) is 19.4 Å². The molecule has 1 heterocycles. The minimum Gasteiger partial charge on any atom is -0.496 e. The number of rotatable bonds is 7. The third-order valence-corrected chi connectivity index (χ3v) is 5.74. The number of carbonyl (C=O) groups is 2.